The molecular weight excluding hydrogens is 390 g/mol. The number of halogens is 1. The molecule has 0 aliphatic heterocycles. The van der Waals surface area contributed by atoms with Crippen LogP contribution in [0.5, 0.6) is 5.75 Å². The minimum absolute atomic E-state index is 0.00584. The van der Waals surface area contributed by atoms with Crippen LogP contribution < -0.4 is 15.4 Å². The molecule has 0 radical (unpaired) electrons. The number of nitrogens with zero attached hydrogens (tertiary/aromatic N) is 1. The van der Waals surface area contributed by atoms with E-state index in [-0.39, 0.29) is 23.1 Å². The lowest BCUT2D eigenvalue weighted by molar-refractivity contribution is -0.384. The number of carbonyl (C=O) groups is 1. The van der Waals surface area contributed by atoms with E-state index in [2.05, 4.69) is 10.6 Å². The predicted octanol–water partition coefficient (Wildman–Crippen LogP) is 4.23. The highest BCUT2D eigenvalue weighted by atomic mass is 35.5. The molecule has 0 spiro atoms. The van der Waals surface area contributed by atoms with Crippen LogP contribution in [0.3, 0.4) is 0 Å². The molecule has 1 amide bonds. The van der Waals surface area contributed by atoms with Gasteiger partial charge in [0.05, 0.1) is 11.5 Å². The fourth-order valence-electron chi connectivity index (χ4n) is 2.20. The SMILES string of the molecule is Cc1cc([N+](=O)[O-])ccc1NC(=S)NC(=O)CCCOc1ccc(Cl)cc1. The molecular formula is C18H18ClN3O4S. The first kappa shape index (κ1) is 20.6. The van der Waals surface area contributed by atoms with E-state index in [0.717, 1.165) is 0 Å². The Morgan fingerprint density at radius 3 is 2.59 bits per heavy atom. The van der Waals surface area contributed by atoms with E-state index in [1.54, 1.807) is 37.3 Å². The van der Waals surface area contributed by atoms with Gasteiger partial charge >= 0.3 is 0 Å². The Morgan fingerprint density at radius 1 is 1.26 bits per heavy atom. The third-order valence-corrected chi connectivity index (χ3v) is 4.01. The number of non-ortho nitro benzene ring substituents is 1. The first-order valence-corrected chi connectivity index (χ1v) is 8.88. The van der Waals surface area contributed by atoms with Crippen molar-refractivity contribution in [3.63, 3.8) is 0 Å². The first-order valence-electron chi connectivity index (χ1n) is 8.09. The minimum Gasteiger partial charge on any atom is -0.494 e. The van der Waals surface area contributed by atoms with Gasteiger partial charge in [0.25, 0.3) is 5.69 Å². The van der Waals surface area contributed by atoms with E-state index < -0.39 is 4.92 Å². The monoisotopic (exact) mass is 407 g/mol. The Balaban J connectivity index is 1.73. The molecule has 0 saturated heterocycles. The molecule has 2 aromatic carbocycles. The number of carbonyl (C=O) groups excluding carboxylic acids is 1. The zero-order valence-electron chi connectivity index (χ0n) is 14.5. The van der Waals surface area contributed by atoms with Crippen molar-refractivity contribution in [3.8, 4) is 5.75 Å². The zero-order valence-corrected chi connectivity index (χ0v) is 16.1. The molecule has 27 heavy (non-hydrogen) atoms. The number of rotatable bonds is 7. The predicted molar refractivity (Wildman–Crippen MR) is 108 cm³/mol. The molecule has 2 N–H and O–H groups in total. The summed E-state index contributed by atoms with van der Waals surface area (Å²) in [4.78, 5) is 22.2. The van der Waals surface area contributed by atoms with Crippen molar-refractivity contribution in [1.29, 1.82) is 0 Å². The number of ether oxygens (including phenoxy) is 1. The molecule has 0 aliphatic rings. The fraction of sp³-hybridized carbons (Fsp3) is 0.222. The van der Waals surface area contributed by atoms with Crippen LogP contribution >= 0.6 is 23.8 Å². The highest BCUT2D eigenvalue weighted by Gasteiger charge is 2.10. The van der Waals surface area contributed by atoms with E-state index in [1.807, 2.05) is 0 Å². The summed E-state index contributed by atoms with van der Waals surface area (Å²) in [5.74, 6) is 0.442. The van der Waals surface area contributed by atoms with Gasteiger partial charge in [-0.15, -0.1) is 0 Å². The number of nitrogens with one attached hydrogen (secondary N) is 2. The molecule has 142 valence electrons. The van der Waals surface area contributed by atoms with Crippen molar-refractivity contribution in [2.75, 3.05) is 11.9 Å². The minimum atomic E-state index is -0.469. The average molecular weight is 408 g/mol. The largest absolute Gasteiger partial charge is 0.494 e. The maximum atomic E-state index is 11.9. The van der Waals surface area contributed by atoms with Crippen molar-refractivity contribution in [1.82, 2.24) is 5.32 Å². The van der Waals surface area contributed by atoms with Crippen LogP contribution in [0.2, 0.25) is 5.02 Å². The Hall–Kier alpha value is -2.71. The van der Waals surface area contributed by atoms with Gasteiger partial charge in [-0.3, -0.25) is 14.9 Å². The molecule has 0 atom stereocenters. The van der Waals surface area contributed by atoms with Crippen molar-refractivity contribution >= 4 is 46.2 Å². The maximum Gasteiger partial charge on any atom is 0.269 e. The molecule has 9 heteroatoms. The van der Waals surface area contributed by atoms with Gasteiger partial charge in [0.1, 0.15) is 5.75 Å². The quantitative estimate of drug-likeness (QED) is 0.309. The molecule has 2 aromatic rings. The van der Waals surface area contributed by atoms with E-state index in [1.165, 1.54) is 12.1 Å². The van der Waals surface area contributed by atoms with E-state index in [0.29, 0.717) is 35.1 Å². The van der Waals surface area contributed by atoms with Gasteiger partial charge in [0, 0.05) is 29.3 Å². The van der Waals surface area contributed by atoms with E-state index in [4.69, 9.17) is 28.6 Å². The number of benzene rings is 2. The van der Waals surface area contributed by atoms with Crippen molar-refractivity contribution in [2.24, 2.45) is 0 Å². The summed E-state index contributed by atoms with van der Waals surface area (Å²) >= 11 is 10.9. The number of amides is 1. The highest BCUT2D eigenvalue weighted by molar-refractivity contribution is 7.80. The molecule has 0 unspecified atom stereocenters. The van der Waals surface area contributed by atoms with Crippen LogP contribution in [0.15, 0.2) is 42.5 Å². The van der Waals surface area contributed by atoms with Gasteiger partial charge in [-0.2, -0.15) is 0 Å². The van der Waals surface area contributed by atoms with Crippen LogP contribution in [0.4, 0.5) is 11.4 Å². The molecule has 2 rings (SSSR count). The Kier molecular flexibility index (Phi) is 7.51. The van der Waals surface area contributed by atoms with Crippen molar-refractivity contribution in [3.05, 3.63) is 63.2 Å². The van der Waals surface area contributed by atoms with Crippen LogP contribution in [-0.4, -0.2) is 22.5 Å². The van der Waals surface area contributed by atoms with E-state index in [9.17, 15) is 14.9 Å². The number of hydrogen-bond donors (Lipinski definition) is 2. The molecule has 0 saturated carbocycles. The maximum absolute atomic E-state index is 11.9. The van der Waals surface area contributed by atoms with Crippen LogP contribution in [0, 0.1) is 17.0 Å². The summed E-state index contributed by atoms with van der Waals surface area (Å²) in [7, 11) is 0. The van der Waals surface area contributed by atoms with Crippen molar-refractivity contribution < 1.29 is 14.5 Å². The smallest absolute Gasteiger partial charge is 0.269 e. The summed E-state index contributed by atoms with van der Waals surface area (Å²) in [6, 6.07) is 11.3. The molecule has 7 nitrogen and oxygen atoms in total. The summed E-state index contributed by atoms with van der Waals surface area (Å²) in [6.45, 7) is 2.10. The van der Waals surface area contributed by atoms with Crippen LogP contribution in [0.25, 0.3) is 0 Å². The summed E-state index contributed by atoms with van der Waals surface area (Å²) in [5.41, 5.74) is 1.24. The number of nitro benzene ring substituents is 1. The molecule has 0 aromatic heterocycles. The van der Waals surface area contributed by atoms with Crippen LogP contribution in [0.1, 0.15) is 18.4 Å². The highest BCUT2D eigenvalue weighted by Crippen LogP contribution is 2.21. The first-order chi connectivity index (χ1) is 12.8. The van der Waals surface area contributed by atoms with E-state index >= 15 is 0 Å². The average Bonchev–Trinajstić information content (AvgIpc) is 2.61. The van der Waals surface area contributed by atoms with Crippen molar-refractivity contribution in [2.45, 2.75) is 19.8 Å². The second-order valence-electron chi connectivity index (χ2n) is 5.66. The Bertz CT molecular complexity index is 843. The normalized spacial score (nSPS) is 10.1. The second-order valence-corrected chi connectivity index (χ2v) is 6.51. The van der Waals surface area contributed by atoms with Gasteiger partial charge in [-0.05, 0) is 61.5 Å². The van der Waals surface area contributed by atoms with Gasteiger partial charge < -0.3 is 15.4 Å². The van der Waals surface area contributed by atoms with Crippen LogP contribution in [-0.2, 0) is 4.79 Å². The fourth-order valence-corrected chi connectivity index (χ4v) is 2.55. The summed E-state index contributed by atoms with van der Waals surface area (Å²) < 4.78 is 5.52. The summed E-state index contributed by atoms with van der Waals surface area (Å²) in [5, 5.41) is 16.9. The Morgan fingerprint density at radius 2 is 1.96 bits per heavy atom. The number of anilines is 1. The molecule has 0 bridgehead atoms. The lowest BCUT2D eigenvalue weighted by Crippen LogP contribution is -2.34. The molecule has 0 aliphatic carbocycles. The number of hydrogen-bond acceptors (Lipinski definition) is 5. The van der Waals surface area contributed by atoms with Gasteiger partial charge in [-0.1, -0.05) is 11.6 Å². The number of thiocarbonyl (C=S) groups is 1. The van der Waals surface area contributed by atoms with Gasteiger partial charge in [-0.25, -0.2) is 0 Å². The molecule has 0 heterocycles. The lowest BCUT2D eigenvalue weighted by atomic mass is 10.2. The third kappa shape index (κ3) is 6.84. The standard InChI is InChI=1S/C18H18ClN3O4S/c1-12-11-14(22(24)25)6-9-16(12)20-18(27)21-17(23)3-2-10-26-15-7-4-13(19)5-8-15/h4-9,11H,2-3,10H2,1H3,(H2,20,21,23,27). The topological polar surface area (TPSA) is 93.5 Å². The van der Waals surface area contributed by atoms with Gasteiger partial charge in [0.15, 0.2) is 5.11 Å². The number of aryl methyl sites for hydroxylation is 1. The zero-order chi connectivity index (χ0) is 19.8. The third-order valence-electron chi connectivity index (χ3n) is 3.55. The second kappa shape index (κ2) is 9.84. The summed E-state index contributed by atoms with van der Waals surface area (Å²) in [6.07, 6.45) is 0.766. The lowest BCUT2D eigenvalue weighted by Gasteiger charge is -2.12. The van der Waals surface area contributed by atoms with Gasteiger partial charge in [0.2, 0.25) is 5.91 Å². The Labute approximate surface area is 166 Å². The number of nitro groups is 1. The molecule has 0 fully saturated rings.